The lowest BCUT2D eigenvalue weighted by Gasteiger charge is -2.08. The van der Waals surface area contributed by atoms with Gasteiger partial charge in [0.2, 0.25) is 0 Å². The quantitative estimate of drug-likeness (QED) is 0.782. The number of aryl methyl sites for hydroxylation is 1. The Hall–Kier alpha value is -1.65. The predicted octanol–water partition coefficient (Wildman–Crippen LogP) is 4.27. The van der Waals surface area contributed by atoms with Gasteiger partial charge in [-0.3, -0.25) is 0 Å². The summed E-state index contributed by atoms with van der Waals surface area (Å²) >= 11 is 7.78. The molecule has 5 heteroatoms. The summed E-state index contributed by atoms with van der Waals surface area (Å²) < 4.78 is 0. The minimum atomic E-state index is 0.654. The molecule has 2 heterocycles. The molecule has 0 aliphatic carbocycles. The molecule has 3 nitrogen and oxygen atoms in total. The summed E-state index contributed by atoms with van der Waals surface area (Å²) in [7, 11) is 0. The smallest absolute Gasteiger partial charge is 0.138 e. The molecule has 0 saturated heterocycles. The lowest BCUT2D eigenvalue weighted by Crippen LogP contribution is -2.02. The van der Waals surface area contributed by atoms with Crippen molar-refractivity contribution in [3.63, 3.8) is 0 Å². The van der Waals surface area contributed by atoms with Gasteiger partial charge in [0.1, 0.15) is 17.0 Å². The zero-order valence-electron chi connectivity index (χ0n) is 10.4. The van der Waals surface area contributed by atoms with Crippen molar-refractivity contribution in [1.29, 1.82) is 0 Å². The monoisotopic (exact) mass is 289 g/mol. The molecular formula is C14H12ClN3S. The molecular weight excluding hydrogens is 278 g/mol. The standard InChI is InChI=1S/C14H12ClN3S/c1-9-7-19-14-12(9)13(17-8-18-14)16-6-10-4-2-3-5-11(10)15/h2-5,7-8H,6H2,1H3,(H,16,17,18). The van der Waals surface area contributed by atoms with Crippen LogP contribution in [-0.2, 0) is 6.54 Å². The van der Waals surface area contributed by atoms with E-state index in [0.717, 1.165) is 26.6 Å². The van der Waals surface area contributed by atoms with Crippen molar-refractivity contribution in [1.82, 2.24) is 9.97 Å². The first-order valence-corrected chi connectivity index (χ1v) is 7.17. The molecule has 0 radical (unpaired) electrons. The predicted molar refractivity (Wildman–Crippen MR) is 80.9 cm³/mol. The lowest BCUT2D eigenvalue weighted by atomic mass is 10.2. The molecule has 96 valence electrons. The van der Waals surface area contributed by atoms with E-state index < -0.39 is 0 Å². The first-order valence-electron chi connectivity index (χ1n) is 5.92. The van der Waals surface area contributed by atoms with Crippen LogP contribution in [0.4, 0.5) is 5.82 Å². The topological polar surface area (TPSA) is 37.8 Å². The first-order chi connectivity index (χ1) is 9.25. The number of aromatic nitrogens is 2. The summed E-state index contributed by atoms with van der Waals surface area (Å²) in [6.07, 6.45) is 1.59. The maximum atomic E-state index is 6.15. The SMILES string of the molecule is Cc1csc2ncnc(NCc3ccccc3Cl)c12. The van der Waals surface area contributed by atoms with E-state index >= 15 is 0 Å². The van der Waals surface area contributed by atoms with Gasteiger partial charge in [0.05, 0.1) is 5.39 Å². The Balaban J connectivity index is 1.90. The Labute approximate surface area is 120 Å². The second-order valence-electron chi connectivity index (χ2n) is 4.27. The number of anilines is 1. The maximum absolute atomic E-state index is 6.15. The number of nitrogens with one attached hydrogen (secondary N) is 1. The van der Waals surface area contributed by atoms with E-state index in [0.29, 0.717) is 6.54 Å². The minimum Gasteiger partial charge on any atom is -0.365 e. The van der Waals surface area contributed by atoms with Crippen LogP contribution in [0.3, 0.4) is 0 Å². The molecule has 0 spiro atoms. The fraction of sp³-hybridized carbons (Fsp3) is 0.143. The van der Waals surface area contributed by atoms with Gasteiger partial charge in [-0.15, -0.1) is 11.3 Å². The number of nitrogens with zero attached hydrogens (tertiary/aromatic N) is 2. The number of thiophene rings is 1. The van der Waals surface area contributed by atoms with Crippen molar-refractivity contribution in [2.75, 3.05) is 5.32 Å². The van der Waals surface area contributed by atoms with Gasteiger partial charge in [0, 0.05) is 11.6 Å². The molecule has 1 aromatic carbocycles. The zero-order chi connectivity index (χ0) is 13.2. The summed E-state index contributed by atoms with van der Waals surface area (Å²) in [6, 6.07) is 7.81. The third kappa shape index (κ3) is 2.41. The van der Waals surface area contributed by atoms with Crippen molar-refractivity contribution in [2.24, 2.45) is 0 Å². The number of rotatable bonds is 3. The van der Waals surface area contributed by atoms with Gasteiger partial charge >= 0.3 is 0 Å². The Kier molecular flexibility index (Phi) is 3.36. The van der Waals surface area contributed by atoms with E-state index in [-0.39, 0.29) is 0 Å². The Bertz CT molecular complexity index is 724. The van der Waals surface area contributed by atoms with Crippen LogP contribution >= 0.6 is 22.9 Å². The van der Waals surface area contributed by atoms with Crippen molar-refractivity contribution in [2.45, 2.75) is 13.5 Å². The summed E-state index contributed by atoms with van der Waals surface area (Å²) in [4.78, 5) is 9.61. The van der Waals surface area contributed by atoms with Gasteiger partial charge in [-0.05, 0) is 29.5 Å². The molecule has 0 amide bonds. The Morgan fingerprint density at radius 2 is 2.11 bits per heavy atom. The summed E-state index contributed by atoms with van der Waals surface area (Å²) in [5.41, 5.74) is 2.26. The minimum absolute atomic E-state index is 0.654. The van der Waals surface area contributed by atoms with Crippen LogP contribution in [0.5, 0.6) is 0 Å². The average molecular weight is 290 g/mol. The van der Waals surface area contributed by atoms with Crippen molar-refractivity contribution < 1.29 is 0 Å². The van der Waals surface area contributed by atoms with Gasteiger partial charge in [-0.25, -0.2) is 9.97 Å². The van der Waals surface area contributed by atoms with Crippen molar-refractivity contribution in [3.8, 4) is 0 Å². The third-order valence-electron chi connectivity index (χ3n) is 2.96. The third-order valence-corrected chi connectivity index (χ3v) is 4.33. The Morgan fingerprint density at radius 3 is 2.95 bits per heavy atom. The molecule has 3 aromatic rings. The van der Waals surface area contributed by atoms with Crippen LogP contribution in [0, 0.1) is 6.92 Å². The molecule has 0 saturated carbocycles. The van der Waals surface area contributed by atoms with Gasteiger partial charge in [-0.2, -0.15) is 0 Å². The number of benzene rings is 1. The van der Waals surface area contributed by atoms with E-state index in [2.05, 4.69) is 27.6 Å². The molecule has 2 aromatic heterocycles. The van der Waals surface area contributed by atoms with Crippen molar-refractivity contribution >= 4 is 39.0 Å². The molecule has 1 N–H and O–H groups in total. The molecule has 0 unspecified atom stereocenters. The average Bonchev–Trinajstić information content (AvgIpc) is 2.80. The summed E-state index contributed by atoms with van der Waals surface area (Å²) in [6.45, 7) is 2.73. The fourth-order valence-electron chi connectivity index (χ4n) is 1.97. The number of hydrogen-bond acceptors (Lipinski definition) is 4. The lowest BCUT2D eigenvalue weighted by molar-refractivity contribution is 1.10. The molecule has 0 fully saturated rings. The molecule has 0 aliphatic rings. The summed E-state index contributed by atoms with van der Waals surface area (Å²) in [5.74, 6) is 0.865. The highest BCUT2D eigenvalue weighted by atomic mass is 35.5. The molecule has 0 bridgehead atoms. The van der Waals surface area contributed by atoms with E-state index in [9.17, 15) is 0 Å². The molecule has 19 heavy (non-hydrogen) atoms. The van der Waals surface area contributed by atoms with E-state index in [1.165, 1.54) is 5.56 Å². The number of halogens is 1. The number of hydrogen-bond donors (Lipinski definition) is 1. The van der Waals surface area contributed by atoms with Gasteiger partial charge in [0.15, 0.2) is 0 Å². The van der Waals surface area contributed by atoms with Crippen LogP contribution < -0.4 is 5.32 Å². The zero-order valence-corrected chi connectivity index (χ0v) is 11.9. The molecule has 3 rings (SSSR count). The van der Waals surface area contributed by atoms with Crippen LogP contribution in [0.2, 0.25) is 5.02 Å². The molecule has 0 atom stereocenters. The largest absolute Gasteiger partial charge is 0.365 e. The highest BCUT2D eigenvalue weighted by Gasteiger charge is 2.08. The highest BCUT2D eigenvalue weighted by molar-refractivity contribution is 7.17. The highest BCUT2D eigenvalue weighted by Crippen LogP contribution is 2.28. The maximum Gasteiger partial charge on any atom is 0.138 e. The van der Waals surface area contributed by atoms with E-state index in [1.807, 2.05) is 24.3 Å². The fourth-order valence-corrected chi connectivity index (χ4v) is 3.06. The first kappa shape index (κ1) is 12.4. The second kappa shape index (κ2) is 5.15. The van der Waals surface area contributed by atoms with E-state index in [4.69, 9.17) is 11.6 Å². The van der Waals surface area contributed by atoms with Crippen LogP contribution in [0.1, 0.15) is 11.1 Å². The summed E-state index contributed by atoms with van der Waals surface area (Å²) in [5, 5.41) is 7.30. The number of fused-ring (bicyclic) bond motifs is 1. The van der Waals surface area contributed by atoms with Crippen molar-refractivity contribution in [3.05, 3.63) is 52.1 Å². The van der Waals surface area contributed by atoms with Gasteiger partial charge in [0.25, 0.3) is 0 Å². The van der Waals surface area contributed by atoms with E-state index in [1.54, 1.807) is 17.7 Å². The second-order valence-corrected chi connectivity index (χ2v) is 5.53. The van der Waals surface area contributed by atoms with Gasteiger partial charge in [-0.1, -0.05) is 29.8 Å². The van der Waals surface area contributed by atoms with Gasteiger partial charge < -0.3 is 5.32 Å². The molecule has 0 aliphatic heterocycles. The Morgan fingerprint density at radius 1 is 1.26 bits per heavy atom. The van der Waals surface area contributed by atoms with Crippen LogP contribution in [0.25, 0.3) is 10.2 Å². The normalized spacial score (nSPS) is 10.8. The van der Waals surface area contributed by atoms with Crippen LogP contribution in [0.15, 0.2) is 36.0 Å². The van der Waals surface area contributed by atoms with Crippen LogP contribution in [-0.4, -0.2) is 9.97 Å².